The Hall–Kier alpha value is -3.73. The normalized spacial score (nSPS) is 26.8. The number of hydrogen-bond acceptors (Lipinski definition) is 9. The minimum atomic E-state index is -0.912. The van der Waals surface area contributed by atoms with Crippen molar-refractivity contribution >= 4 is 17.5 Å². The molecule has 2 aromatic carbocycles. The maximum atomic E-state index is 14.3. The lowest BCUT2D eigenvalue weighted by Gasteiger charge is -2.62. The average molecular weight is 790 g/mol. The van der Waals surface area contributed by atoms with Crippen LogP contribution in [0.15, 0.2) is 36.4 Å². The van der Waals surface area contributed by atoms with Gasteiger partial charge in [0.25, 0.3) is 5.91 Å². The monoisotopic (exact) mass is 790 g/mol. The first-order valence-corrected chi connectivity index (χ1v) is 20.6. The molecule has 4 aliphatic rings. The molecule has 12 nitrogen and oxygen atoms in total. The molecule has 0 radical (unpaired) electrons. The molecule has 3 saturated carbocycles. The minimum absolute atomic E-state index is 0.0269. The van der Waals surface area contributed by atoms with Gasteiger partial charge in [0, 0.05) is 48.4 Å². The van der Waals surface area contributed by atoms with Gasteiger partial charge in [0.1, 0.15) is 24.0 Å². The van der Waals surface area contributed by atoms with E-state index in [1.165, 1.54) is 6.42 Å². The summed E-state index contributed by atoms with van der Waals surface area (Å²) in [5, 5.41) is 39.1. The Balaban J connectivity index is 1.46. The zero-order chi connectivity index (χ0) is 42.2. The molecule has 2 amide bonds. The molecule has 9 atom stereocenters. The number of ether oxygens (including phenoxy) is 1. The number of benzene rings is 2. The van der Waals surface area contributed by atoms with E-state index >= 15 is 0 Å². The first kappa shape index (κ1) is 44.4. The van der Waals surface area contributed by atoms with Gasteiger partial charge in [-0.3, -0.25) is 14.4 Å². The molecule has 12 heteroatoms. The number of carbonyl (C=O) groups excluding carboxylic acids is 2. The number of aliphatic hydroxyl groups is 2. The number of hydroxylamine groups is 2. The number of hydrogen-bond donors (Lipinski definition) is 4. The third-order valence-electron chi connectivity index (χ3n) is 13.1. The van der Waals surface area contributed by atoms with Crippen LogP contribution in [-0.2, 0) is 16.2 Å². The first-order chi connectivity index (χ1) is 26.6. The second kappa shape index (κ2) is 17.2. The van der Waals surface area contributed by atoms with Crippen LogP contribution in [0.2, 0.25) is 0 Å². The Morgan fingerprint density at radius 1 is 1.18 bits per heavy atom. The summed E-state index contributed by atoms with van der Waals surface area (Å²) in [6.07, 6.45) is 1.18. The molecule has 2 aromatic rings. The van der Waals surface area contributed by atoms with Gasteiger partial charge in [0.15, 0.2) is 6.54 Å². The van der Waals surface area contributed by atoms with Crippen molar-refractivity contribution < 1.29 is 33.9 Å². The molecule has 57 heavy (non-hydrogen) atoms. The van der Waals surface area contributed by atoms with E-state index in [0.29, 0.717) is 46.6 Å². The van der Waals surface area contributed by atoms with Gasteiger partial charge in [-0.25, -0.2) is 0 Å². The molecule has 2 bridgehead atoms. The molecule has 1 saturated heterocycles. The van der Waals surface area contributed by atoms with E-state index in [1.54, 1.807) is 19.1 Å². The van der Waals surface area contributed by atoms with E-state index in [1.807, 2.05) is 69.5 Å². The van der Waals surface area contributed by atoms with Crippen LogP contribution in [0.4, 0.5) is 5.69 Å². The number of amides is 2. The zero-order valence-electron chi connectivity index (χ0n) is 36.4. The lowest BCUT2D eigenvalue weighted by atomic mass is 9.45. The number of nitrogens with one attached hydrogen (secondary N) is 2. The van der Waals surface area contributed by atoms with E-state index in [2.05, 4.69) is 58.2 Å². The van der Waals surface area contributed by atoms with E-state index in [-0.39, 0.29) is 47.9 Å². The number of rotatable bonds is 15. The summed E-state index contributed by atoms with van der Waals surface area (Å²) >= 11 is 0. The van der Waals surface area contributed by atoms with Gasteiger partial charge in [0.05, 0.1) is 53.0 Å². The summed E-state index contributed by atoms with van der Waals surface area (Å²) < 4.78 is 6.57. The summed E-state index contributed by atoms with van der Waals surface area (Å²) in [4.78, 5) is 36.7. The summed E-state index contributed by atoms with van der Waals surface area (Å²) in [5.41, 5.74) is 3.83. The van der Waals surface area contributed by atoms with Crippen molar-refractivity contribution in [3.8, 4) is 22.9 Å². The number of methoxy groups -OCH3 is 1. The lowest BCUT2D eigenvalue weighted by molar-refractivity contribution is -0.884. The van der Waals surface area contributed by atoms with Gasteiger partial charge in [-0.15, -0.1) is 0 Å². The van der Waals surface area contributed by atoms with Crippen molar-refractivity contribution in [3.63, 3.8) is 0 Å². The average Bonchev–Trinajstić information content (AvgIpc) is 3.49. The second-order valence-corrected chi connectivity index (χ2v) is 19.8. The molecule has 1 heterocycles. The first-order valence-electron chi connectivity index (χ1n) is 20.6. The fourth-order valence-electron chi connectivity index (χ4n) is 10.0. The van der Waals surface area contributed by atoms with Crippen LogP contribution in [0.25, 0.3) is 11.1 Å². The van der Waals surface area contributed by atoms with E-state index in [9.17, 15) is 25.1 Å². The fourth-order valence-corrected chi connectivity index (χ4v) is 10.0. The Bertz CT molecular complexity index is 1800. The Morgan fingerprint density at radius 2 is 1.88 bits per heavy atom. The van der Waals surface area contributed by atoms with Gasteiger partial charge in [-0.05, 0) is 78.5 Å². The van der Waals surface area contributed by atoms with Gasteiger partial charge in [0.2, 0.25) is 5.91 Å². The van der Waals surface area contributed by atoms with Gasteiger partial charge in [-0.1, -0.05) is 59.7 Å². The maximum Gasteiger partial charge on any atom is 0.251 e. The summed E-state index contributed by atoms with van der Waals surface area (Å²) in [6, 6.07) is 12.8. The topological polar surface area (TPSA) is 147 Å². The number of quaternary nitrogens is 1. The molecular formula is C45H69N6O6+. The Kier molecular flexibility index (Phi) is 13.4. The van der Waals surface area contributed by atoms with Crippen LogP contribution >= 0.6 is 0 Å². The van der Waals surface area contributed by atoms with Crippen LogP contribution in [0, 0.1) is 45.8 Å². The largest absolute Gasteiger partial charge is 0.496 e. The number of nitrogens with zero attached hydrogens (tertiary/aromatic N) is 4. The Labute approximate surface area is 341 Å². The summed E-state index contributed by atoms with van der Waals surface area (Å²) in [5.74, 6) is 0.929. The summed E-state index contributed by atoms with van der Waals surface area (Å²) in [6.45, 7) is 15.7. The minimum Gasteiger partial charge on any atom is -0.496 e. The van der Waals surface area contributed by atoms with Gasteiger partial charge < -0.3 is 35.0 Å². The highest BCUT2D eigenvalue weighted by atomic mass is 16.7. The second-order valence-electron chi connectivity index (χ2n) is 19.8. The number of carbonyl (C=O) groups is 2. The number of nitriles is 1. The SMILES string of the molecule is COc1c(CN2O[C@@H](CO)[C@H]([C@H](C)O)[C@H]2C(=O)N[C@H]2C[C@H]3C[C@@H]([C@@H]2C)C3(C)C)cccc1-c1cc(C(=O)N[C@@H](CC(C)(C)C)C[N+](C)(C)CC#N)cc(N(C)C)c1. The molecule has 6 rings (SSSR count). The fraction of sp³-hybridized carbons (Fsp3) is 0.667. The molecular weight excluding hydrogens is 721 g/mol. The van der Waals surface area contributed by atoms with Crippen molar-refractivity contribution in [3.05, 3.63) is 47.5 Å². The smallest absolute Gasteiger partial charge is 0.251 e. The van der Waals surface area contributed by atoms with Crippen LogP contribution in [0.3, 0.4) is 0 Å². The summed E-state index contributed by atoms with van der Waals surface area (Å²) in [7, 11) is 9.48. The predicted octanol–water partition coefficient (Wildman–Crippen LogP) is 5.22. The molecule has 4 fully saturated rings. The van der Waals surface area contributed by atoms with Crippen LogP contribution in [-0.4, -0.2) is 117 Å². The number of para-hydroxylation sites is 1. The van der Waals surface area contributed by atoms with Crippen molar-refractivity contribution in [2.45, 2.75) is 105 Å². The standard InChI is InChI=1S/C45H68N6O6/c1-27-36-21-32(45(36,6)7)22-37(27)48-43(55)40-39(28(2)53)38(26-52)57-50(40)24-29-14-13-15-35(41(29)56-12)30-18-31(20-34(19-30)49(8)9)42(54)47-33(23-44(3,4)5)25-51(10,11)17-16-46/h13-15,18-20,27-28,32-33,36-40,52-53H,17,21-26H2,1-12H3,(H-,47,48,54,55)/p+1/t27-,28-,32+,33-,36-,37-,38-,39-,40-/m0/s1. The molecule has 0 spiro atoms. The van der Waals surface area contributed by atoms with E-state index in [0.717, 1.165) is 35.2 Å². The predicted molar refractivity (Wildman–Crippen MR) is 223 cm³/mol. The van der Waals surface area contributed by atoms with Crippen molar-refractivity contribution in [1.82, 2.24) is 15.7 Å². The van der Waals surface area contributed by atoms with Crippen molar-refractivity contribution in [2.24, 2.45) is 34.5 Å². The lowest BCUT2D eigenvalue weighted by Crippen LogP contribution is -2.62. The molecule has 1 aliphatic heterocycles. The highest BCUT2D eigenvalue weighted by Gasteiger charge is 2.57. The molecule has 0 aromatic heterocycles. The van der Waals surface area contributed by atoms with E-state index < -0.39 is 24.2 Å². The highest BCUT2D eigenvalue weighted by Crippen LogP contribution is 2.61. The Morgan fingerprint density at radius 3 is 2.44 bits per heavy atom. The third kappa shape index (κ3) is 9.77. The molecule has 0 unspecified atom stereocenters. The quantitative estimate of drug-likeness (QED) is 0.141. The third-order valence-corrected chi connectivity index (χ3v) is 13.1. The number of anilines is 1. The van der Waals surface area contributed by atoms with Crippen LogP contribution < -0.4 is 20.3 Å². The van der Waals surface area contributed by atoms with Gasteiger partial charge in [-0.2, -0.15) is 10.3 Å². The molecule has 3 aliphatic carbocycles. The van der Waals surface area contributed by atoms with Crippen molar-refractivity contribution in [2.75, 3.05) is 59.9 Å². The van der Waals surface area contributed by atoms with Crippen LogP contribution in [0.5, 0.6) is 5.75 Å². The van der Waals surface area contributed by atoms with Gasteiger partial charge >= 0.3 is 0 Å². The molecule has 4 N–H and O–H groups in total. The maximum absolute atomic E-state index is 14.3. The number of likely N-dealkylation sites (N-methyl/N-ethyl adjacent to an activating group) is 1. The highest BCUT2D eigenvalue weighted by molar-refractivity contribution is 5.97. The van der Waals surface area contributed by atoms with Crippen LogP contribution in [0.1, 0.15) is 83.7 Å². The molecule has 314 valence electrons. The van der Waals surface area contributed by atoms with Crippen molar-refractivity contribution in [1.29, 1.82) is 5.26 Å². The van der Waals surface area contributed by atoms with E-state index in [4.69, 9.17) is 9.57 Å². The zero-order valence-corrected chi connectivity index (χ0v) is 36.4. The number of aliphatic hydroxyl groups excluding tert-OH is 2. The number of fused-ring (bicyclic) bond motifs is 2.